The molecule has 4 nitrogen and oxygen atoms in total. The van der Waals surface area contributed by atoms with Crippen molar-refractivity contribution in [3.63, 3.8) is 0 Å². The average Bonchev–Trinajstić information content (AvgIpc) is 3.05. The first-order chi connectivity index (χ1) is 13.3. The highest BCUT2D eigenvalue weighted by Gasteiger charge is 2.30. The second-order valence-corrected chi connectivity index (χ2v) is 10.2. The fourth-order valence-corrected chi connectivity index (χ4v) is 5.00. The third kappa shape index (κ3) is 4.31. The molecule has 1 aliphatic rings. The van der Waals surface area contributed by atoms with Gasteiger partial charge in [0.2, 0.25) is 10.2 Å². The van der Waals surface area contributed by atoms with Gasteiger partial charge < -0.3 is 4.90 Å². The van der Waals surface area contributed by atoms with Gasteiger partial charge in [0, 0.05) is 12.1 Å². The van der Waals surface area contributed by atoms with E-state index in [-0.39, 0.29) is 11.7 Å². The Hall–Kier alpha value is -0.930. The summed E-state index contributed by atoms with van der Waals surface area (Å²) >= 11 is 14.5. The molecule has 2 aromatic rings. The largest absolute Gasteiger partial charge is 0.329 e. The van der Waals surface area contributed by atoms with E-state index in [0.717, 1.165) is 16.7 Å². The molecule has 2 aromatic carbocycles. The molecule has 0 bridgehead atoms. The number of alkyl halides is 1. The van der Waals surface area contributed by atoms with E-state index in [2.05, 4.69) is 22.6 Å². The summed E-state index contributed by atoms with van der Waals surface area (Å²) < 4.78 is 22.9. The van der Waals surface area contributed by atoms with Gasteiger partial charge in [-0.15, -0.1) is 0 Å². The van der Waals surface area contributed by atoms with Gasteiger partial charge in [-0.2, -0.15) is 4.55 Å². The number of carbonyl (C=O) groups excluding carboxylic acids is 1. The molecular formula is C20H19Cl2INO3S+. The number of hydrogen-bond acceptors (Lipinski definition) is 2. The van der Waals surface area contributed by atoms with Gasteiger partial charge in [0.25, 0.3) is 5.91 Å². The molecule has 1 N–H and O–H groups in total. The Labute approximate surface area is 189 Å². The molecule has 0 aromatic heterocycles. The SMILES string of the molecule is CC[S+](=O)(O)c1ccc(/C(=C2\CCN(CI)C2=O)c2ccc(Cl)c(Cl)c2)cc1. The molecule has 1 saturated heterocycles. The van der Waals surface area contributed by atoms with E-state index in [1.807, 2.05) is 6.07 Å². The highest BCUT2D eigenvalue weighted by Crippen LogP contribution is 2.36. The number of benzene rings is 2. The number of amides is 1. The fourth-order valence-electron chi connectivity index (χ4n) is 3.16. The summed E-state index contributed by atoms with van der Waals surface area (Å²) in [4.78, 5) is 15.0. The molecule has 1 atom stereocenters. The van der Waals surface area contributed by atoms with Crippen LogP contribution in [-0.4, -0.2) is 32.2 Å². The summed E-state index contributed by atoms with van der Waals surface area (Å²) in [7, 11) is -3.04. The third-order valence-corrected chi connectivity index (χ3v) is 8.09. The molecule has 0 saturated carbocycles. The van der Waals surface area contributed by atoms with Crippen LogP contribution in [0.25, 0.3) is 5.57 Å². The number of hydrogen-bond donors (Lipinski definition) is 1. The van der Waals surface area contributed by atoms with Crippen molar-refractivity contribution in [2.24, 2.45) is 0 Å². The van der Waals surface area contributed by atoms with Crippen LogP contribution in [0.5, 0.6) is 0 Å². The highest BCUT2D eigenvalue weighted by atomic mass is 127. The van der Waals surface area contributed by atoms with Crippen LogP contribution in [0.2, 0.25) is 10.0 Å². The molecule has 1 unspecified atom stereocenters. The van der Waals surface area contributed by atoms with Gasteiger partial charge in [0.15, 0.2) is 4.90 Å². The number of halogens is 3. The predicted molar refractivity (Wildman–Crippen MR) is 124 cm³/mol. The number of rotatable bonds is 5. The standard InChI is InChI=1S/C20H18Cl2INO3S/c1-2-28(26,27)15-6-3-13(4-7-15)19(14-5-8-17(21)18(22)11-14)16-9-10-24(12-23)20(16)25/h3-8,11H,2,9-10,12H2,1H3/p+1/b19-16-. The predicted octanol–water partition coefficient (Wildman–Crippen LogP) is 5.77. The minimum absolute atomic E-state index is 0.000868. The lowest BCUT2D eigenvalue weighted by atomic mass is 9.92. The maximum Gasteiger partial charge on any atom is 0.251 e. The van der Waals surface area contributed by atoms with Crippen LogP contribution in [0.3, 0.4) is 0 Å². The minimum Gasteiger partial charge on any atom is -0.329 e. The molecule has 1 aliphatic heterocycles. The zero-order valence-corrected chi connectivity index (χ0v) is 19.6. The van der Waals surface area contributed by atoms with Crippen LogP contribution in [0.4, 0.5) is 0 Å². The number of carbonyl (C=O) groups is 1. The Morgan fingerprint density at radius 2 is 1.79 bits per heavy atom. The molecule has 0 spiro atoms. The van der Waals surface area contributed by atoms with Crippen LogP contribution < -0.4 is 0 Å². The topological polar surface area (TPSA) is 57.6 Å². The van der Waals surface area contributed by atoms with Crippen molar-refractivity contribution in [3.8, 4) is 0 Å². The Kier molecular flexibility index (Phi) is 6.87. The normalized spacial score (nSPS) is 18.3. The van der Waals surface area contributed by atoms with Crippen molar-refractivity contribution in [2.75, 3.05) is 16.8 Å². The summed E-state index contributed by atoms with van der Waals surface area (Å²) in [5, 5.41) is 0.856. The van der Waals surface area contributed by atoms with E-state index in [4.69, 9.17) is 23.2 Å². The number of nitrogens with zero attached hydrogens (tertiary/aromatic N) is 1. The van der Waals surface area contributed by atoms with Crippen molar-refractivity contribution in [1.29, 1.82) is 0 Å². The van der Waals surface area contributed by atoms with Crippen LogP contribution in [0.15, 0.2) is 52.9 Å². The van der Waals surface area contributed by atoms with Gasteiger partial charge in [0.05, 0.1) is 14.6 Å². The molecule has 1 heterocycles. The van der Waals surface area contributed by atoms with Gasteiger partial charge >= 0.3 is 0 Å². The van der Waals surface area contributed by atoms with Crippen molar-refractivity contribution >= 4 is 67.5 Å². The lowest BCUT2D eigenvalue weighted by molar-refractivity contribution is -0.123. The molecule has 148 valence electrons. The van der Waals surface area contributed by atoms with Gasteiger partial charge in [-0.05, 0) is 66.4 Å². The minimum atomic E-state index is -3.04. The molecule has 1 fully saturated rings. The maximum atomic E-state index is 12.9. The van der Waals surface area contributed by atoms with Crippen LogP contribution >= 0.6 is 45.8 Å². The smallest absolute Gasteiger partial charge is 0.251 e. The first kappa shape index (κ1) is 21.8. The molecule has 3 rings (SSSR count). The van der Waals surface area contributed by atoms with E-state index in [0.29, 0.717) is 38.0 Å². The third-order valence-electron chi connectivity index (χ3n) is 4.73. The monoisotopic (exact) mass is 550 g/mol. The van der Waals surface area contributed by atoms with Gasteiger partial charge in [-0.3, -0.25) is 4.79 Å². The van der Waals surface area contributed by atoms with Crippen molar-refractivity contribution in [2.45, 2.75) is 18.2 Å². The van der Waals surface area contributed by atoms with E-state index in [1.165, 1.54) is 0 Å². The first-order valence-corrected chi connectivity index (χ1v) is 12.6. The van der Waals surface area contributed by atoms with Crippen LogP contribution in [-0.2, 0) is 19.2 Å². The second-order valence-electron chi connectivity index (χ2n) is 6.37. The second kappa shape index (κ2) is 8.83. The van der Waals surface area contributed by atoms with Gasteiger partial charge in [-0.25, -0.2) is 0 Å². The quantitative estimate of drug-likeness (QED) is 0.169. The van der Waals surface area contributed by atoms with Crippen molar-refractivity contribution in [1.82, 2.24) is 4.90 Å². The van der Waals surface area contributed by atoms with Gasteiger partial charge in [0.1, 0.15) is 5.75 Å². The maximum absolute atomic E-state index is 12.9. The summed E-state index contributed by atoms with van der Waals surface area (Å²) in [6.07, 6.45) is 0.630. The van der Waals surface area contributed by atoms with E-state index in [1.54, 1.807) is 48.2 Å². The van der Waals surface area contributed by atoms with Crippen LogP contribution in [0, 0.1) is 0 Å². The number of likely N-dealkylation sites (tertiary alicyclic amines) is 1. The lowest BCUT2D eigenvalue weighted by Gasteiger charge is -2.15. The Morgan fingerprint density at radius 1 is 1.14 bits per heavy atom. The highest BCUT2D eigenvalue weighted by molar-refractivity contribution is 14.1. The molecule has 28 heavy (non-hydrogen) atoms. The molecule has 8 heteroatoms. The summed E-state index contributed by atoms with van der Waals surface area (Å²) in [5.74, 6) is 0.148. The molecule has 0 aliphatic carbocycles. The Bertz CT molecular complexity index is 991. The van der Waals surface area contributed by atoms with Gasteiger partial charge in [-0.1, -0.05) is 56.1 Å². The zero-order valence-electron chi connectivity index (χ0n) is 15.1. The molecule has 0 radical (unpaired) electrons. The van der Waals surface area contributed by atoms with E-state index < -0.39 is 10.2 Å². The van der Waals surface area contributed by atoms with Crippen LogP contribution in [0.1, 0.15) is 24.5 Å². The summed E-state index contributed by atoms with van der Waals surface area (Å²) in [6.45, 7) is 2.34. The Balaban J connectivity index is 2.16. The van der Waals surface area contributed by atoms with Crippen molar-refractivity contribution in [3.05, 3.63) is 69.2 Å². The van der Waals surface area contributed by atoms with E-state index in [9.17, 15) is 13.6 Å². The lowest BCUT2D eigenvalue weighted by Crippen LogP contribution is -2.23. The average molecular weight is 551 g/mol. The molecule has 1 amide bonds. The zero-order chi connectivity index (χ0) is 20.5. The summed E-state index contributed by atoms with van der Waals surface area (Å²) in [6, 6.07) is 12.2. The first-order valence-electron chi connectivity index (χ1n) is 8.67. The Morgan fingerprint density at radius 3 is 2.32 bits per heavy atom. The van der Waals surface area contributed by atoms with E-state index >= 15 is 0 Å². The van der Waals surface area contributed by atoms with Crippen molar-refractivity contribution < 1.29 is 13.6 Å². The molecular weight excluding hydrogens is 532 g/mol. The summed E-state index contributed by atoms with van der Waals surface area (Å²) in [5.41, 5.74) is 3.08. The fraction of sp³-hybridized carbons (Fsp3) is 0.250.